The number of nitrogens with zero attached hydrogens (tertiary/aromatic N) is 2. The minimum atomic E-state index is 0.732. The van der Waals surface area contributed by atoms with Crippen molar-refractivity contribution in [2.24, 2.45) is 0 Å². The first-order valence-corrected chi connectivity index (χ1v) is 10.5. The summed E-state index contributed by atoms with van der Waals surface area (Å²) in [4.78, 5) is 2.52. The van der Waals surface area contributed by atoms with Gasteiger partial charge in [-0.05, 0) is 98.5 Å². The van der Waals surface area contributed by atoms with Gasteiger partial charge in [-0.1, -0.05) is 25.5 Å². The van der Waals surface area contributed by atoms with Crippen LogP contribution in [0.5, 0.6) is 0 Å². The molecule has 0 fully saturated rings. The van der Waals surface area contributed by atoms with E-state index in [2.05, 4.69) is 81.3 Å². The van der Waals surface area contributed by atoms with E-state index in [-0.39, 0.29) is 0 Å². The maximum absolute atomic E-state index is 8.92. The van der Waals surface area contributed by atoms with Gasteiger partial charge in [-0.15, -0.1) is 0 Å². The summed E-state index contributed by atoms with van der Waals surface area (Å²) in [5, 5.41) is 8.92. The van der Waals surface area contributed by atoms with E-state index in [1.807, 2.05) is 12.1 Å². The van der Waals surface area contributed by atoms with Crippen LogP contribution in [-0.2, 0) is 25.9 Å². The number of fused-ring (bicyclic) bond motifs is 1. The molecule has 1 aliphatic rings. The van der Waals surface area contributed by atoms with Crippen LogP contribution >= 0.6 is 45.2 Å². The SMILES string of the molecule is CCCc1c(I)cc2c(c1I)CN(Cc1ccc(C#N)cc1)CC2. The largest absolute Gasteiger partial charge is 0.294 e. The number of nitriles is 1. The van der Waals surface area contributed by atoms with Crippen molar-refractivity contribution in [2.75, 3.05) is 6.54 Å². The van der Waals surface area contributed by atoms with Gasteiger partial charge in [-0.3, -0.25) is 4.90 Å². The molecular formula is C20H20I2N2. The fourth-order valence-corrected chi connectivity index (χ4v) is 5.80. The molecule has 0 unspecified atom stereocenters. The van der Waals surface area contributed by atoms with Gasteiger partial charge in [0, 0.05) is 26.8 Å². The molecule has 0 radical (unpaired) electrons. The third-order valence-electron chi connectivity index (χ3n) is 4.58. The molecule has 2 aromatic carbocycles. The zero-order valence-electron chi connectivity index (χ0n) is 13.8. The number of hydrogen-bond acceptors (Lipinski definition) is 2. The maximum Gasteiger partial charge on any atom is 0.0991 e. The highest BCUT2D eigenvalue weighted by Crippen LogP contribution is 2.31. The van der Waals surface area contributed by atoms with Crippen LogP contribution in [0, 0.1) is 18.5 Å². The molecule has 0 amide bonds. The summed E-state index contributed by atoms with van der Waals surface area (Å²) in [6, 6.07) is 12.6. The van der Waals surface area contributed by atoms with Crippen LogP contribution in [-0.4, -0.2) is 11.4 Å². The molecule has 0 aliphatic carbocycles. The van der Waals surface area contributed by atoms with Crippen molar-refractivity contribution >= 4 is 45.2 Å². The van der Waals surface area contributed by atoms with Crippen molar-refractivity contribution in [3.8, 4) is 6.07 Å². The molecule has 124 valence electrons. The lowest BCUT2D eigenvalue weighted by Crippen LogP contribution is -2.31. The Hall–Kier alpha value is -0.650. The second-order valence-corrected chi connectivity index (χ2v) is 8.55. The summed E-state index contributed by atoms with van der Waals surface area (Å²) in [5.74, 6) is 0. The van der Waals surface area contributed by atoms with Crippen LogP contribution in [0.2, 0.25) is 0 Å². The Labute approximate surface area is 171 Å². The fourth-order valence-electron chi connectivity index (χ4n) is 3.29. The highest BCUT2D eigenvalue weighted by atomic mass is 127. The Bertz CT molecular complexity index is 776. The lowest BCUT2D eigenvalue weighted by molar-refractivity contribution is 0.244. The quantitative estimate of drug-likeness (QED) is 0.492. The van der Waals surface area contributed by atoms with Crippen molar-refractivity contribution in [1.82, 2.24) is 4.90 Å². The normalized spacial score (nSPS) is 14.2. The first-order chi connectivity index (χ1) is 11.6. The second kappa shape index (κ2) is 8.15. The molecule has 0 bridgehead atoms. The van der Waals surface area contributed by atoms with Crippen LogP contribution in [0.25, 0.3) is 0 Å². The Morgan fingerprint density at radius 2 is 1.96 bits per heavy atom. The van der Waals surface area contributed by atoms with Gasteiger partial charge in [-0.25, -0.2) is 0 Å². The lowest BCUT2D eigenvalue weighted by atomic mass is 9.95. The van der Waals surface area contributed by atoms with E-state index in [0.29, 0.717) is 0 Å². The van der Waals surface area contributed by atoms with Crippen LogP contribution in [0.1, 0.15) is 41.2 Å². The van der Waals surface area contributed by atoms with Gasteiger partial charge in [0.05, 0.1) is 11.6 Å². The summed E-state index contributed by atoms with van der Waals surface area (Å²) in [7, 11) is 0. The molecule has 0 N–H and O–H groups in total. The summed E-state index contributed by atoms with van der Waals surface area (Å²) < 4.78 is 2.90. The molecule has 3 rings (SSSR count). The van der Waals surface area contributed by atoms with Gasteiger partial charge in [0.25, 0.3) is 0 Å². The molecule has 1 aliphatic heterocycles. The van der Waals surface area contributed by atoms with Crippen LogP contribution in [0.15, 0.2) is 30.3 Å². The summed E-state index contributed by atoms with van der Waals surface area (Å²) in [6.45, 7) is 5.34. The Balaban J connectivity index is 1.80. The van der Waals surface area contributed by atoms with Crippen molar-refractivity contribution < 1.29 is 0 Å². The standard InChI is InChI=1S/C20H20I2N2/c1-2-3-17-19(21)10-16-8-9-24(13-18(16)20(17)22)12-15-6-4-14(11-23)5-7-15/h4-7,10H,2-3,8-9,12-13H2,1H3. The second-order valence-electron chi connectivity index (χ2n) is 6.31. The van der Waals surface area contributed by atoms with Crippen molar-refractivity contribution in [3.63, 3.8) is 0 Å². The number of benzene rings is 2. The average Bonchev–Trinajstić information content (AvgIpc) is 2.60. The van der Waals surface area contributed by atoms with Gasteiger partial charge in [-0.2, -0.15) is 5.26 Å². The molecule has 0 atom stereocenters. The van der Waals surface area contributed by atoms with Gasteiger partial charge in [0.1, 0.15) is 0 Å². The monoisotopic (exact) mass is 542 g/mol. The predicted molar refractivity (Wildman–Crippen MR) is 115 cm³/mol. The van der Waals surface area contributed by atoms with Crippen molar-refractivity contribution in [2.45, 2.75) is 39.3 Å². The van der Waals surface area contributed by atoms with E-state index in [0.717, 1.165) is 31.6 Å². The first kappa shape index (κ1) is 18.2. The lowest BCUT2D eigenvalue weighted by Gasteiger charge is -2.31. The number of hydrogen-bond donors (Lipinski definition) is 0. The maximum atomic E-state index is 8.92. The fraction of sp³-hybridized carbons (Fsp3) is 0.350. The summed E-state index contributed by atoms with van der Waals surface area (Å²) >= 11 is 5.06. The molecule has 0 aromatic heterocycles. The summed E-state index contributed by atoms with van der Waals surface area (Å²) in [5.41, 5.74) is 6.60. The van der Waals surface area contributed by atoms with E-state index in [9.17, 15) is 0 Å². The molecule has 24 heavy (non-hydrogen) atoms. The van der Waals surface area contributed by atoms with Gasteiger partial charge < -0.3 is 0 Å². The molecule has 2 aromatic rings. The van der Waals surface area contributed by atoms with E-state index in [1.165, 1.54) is 42.2 Å². The molecule has 4 heteroatoms. The van der Waals surface area contributed by atoms with Gasteiger partial charge in [0.2, 0.25) is 0 Å². The average molecular weight is 542 g/mol. The molecule has 0 saturated heterocycles. The molecule has 1 heterocycles. The van der Waals surface area contributed by atoms with Gasteiger partial charge >= 0.3 is 0 Å². The van der Waals surface area contributed by atoms with Crippen molar-refractivity contribution in [3.05, 3.63) is 65.3 Å². The highest BCUT2D eigenvalue weighted by molar-refractivity contribution is 14.1. The summed E-state index contributed by atoms with van der Waals surface area (Å²) in [6.07, 6.45) is 3.49. The topological polar surface area (TPSA) is 27.0 Å². The smallest absolute Gasteiger partial charge is 0.0991 e. The van der Waals surface area contributed by atoms with Crippen molar-refractivity contribution in [1.29, 1.82) is 5.26 Å². The van der Waals surface area contributed by atoms with E-state index >= 15 is 0 Å². The molecule has 0 saturated carbocycles. The third kappa shape index (κ3) is 3.94. The minimum Gasteiger partial charge on any atom is -0.294 e. The predicted octanol–water partition coefficient (Wildman–Crippen LogP) is 5.28. The number of rotatable bonds is 4. The Kier molecular flexibility index (Phi) is 6.17. The Morgan fingerprint density at radius 3 is 2.62 bits per heavy atom. The van der Waals surface area contributed by atoms with E-state index in [1.54, 1.807) is 0 Å². The van der Waals surface area contributed by atoms with Gasteiger partial charge in [0.15, 0.2) is 0 Å². The zero-order valence-corrected chi connectivity index (χ0v) is 18.1. The third-order valence-corrected chi connectivity index (χ3v) is 6.84. The first-order valence-electron chi connectivity index (χ1n) is 8.32. The van der Waals surface area contributed by atoms with E-state index < -0.39 is 0 Å². The molecule has 2 nitrogen and oxygen atoms in total. The minimum absolute atomic E-state index is 0.732. The Morgan fingerprint density at radius 1 is 1.21 bits per heavy atom. The van der Waals surface area contributed by atoms with Crippen LogP contribution in [0.4, 0.5) is 0 Å². The molecule has 0 spiro atoms. The number of halogens is 2. The van der Waals surface area contributed by atoms with E-state index in [4.69, 9.17) is 5.26 Å². The molecular weight excluding hydrogens is 522 g/mol. The zero-order chi connectivity index (χ0) is 17.1. The van der Waals surface area contributed by atoms with Crippen LogP contribution < -0.4 is 0 Å². The van der Waals surface area contributed by atoms with Crippen LogP contribution in [0.3, 0.4) is 0 Å². The highest BCUT2D eigenvalue weighted by Gasteiger charge is 2.21.